The maximum atomic E-state index is 11.3. The zero-order chi connectivity index (χ0) is 15.5. The Morgan fingerprint density at radius 1 is 1.43 bits per heavy atom. The molecule has 2 fully saturated rings. The van der Waals surface area contributed by atoms with Gasteiger partial charge in [0.05, 0.1) is 12.9 Å². The molecule has 0 saturated carbocycles. The van der Waals surface area contributed by atoms with Crippen LogP contribution in [0.1, 0.15) is 6.23 Å². The average Bonchev–Trinajstić information content (AvgIpc) is 3.01. The molecule has 23 heavy (non-hydrogen) atoms. The predicted octanol–water partition coefficient (Wildman–Crippen LogP) is -4.45. The molecule has 0 radical (unpaired) electrons. The molecule has 11 nitrogen and oxygen atoms in total. The maximum Gasteiger partial charge on any atom is 1.00 e. The molecule has 4 rings (SSSR count). The zero-order valence-electron chi connectivity index (χ0n) is 12.0. The van der Waals surface area contributed by atoms with Gasteiger partial charge < -0.3 is 29.5 Å². The third kappa shape index (κ3) is 2.82. The number of hydrogen-bond acceptors (Lipinski definition) is 10. The van der Waals surface area contributed by atoms with Gasteiger partial charge in [0.25, 0.3) is 7.82 Å². The van der Waals surface area contributed by atoms with E-state index in [9.17, 15) is 14.6 Å². The van der Waals surface area contributed by atoms with Gasteiger partial charge in [0, 0.05) is 0 Å². The van der Waals surface area contributed by atoms with Crippen LogP contribution in [0.4, 0.5) is 5.82 Å². The van der Waals surface area contributed by atoms with Crippen LogP contribution in [0.25, 0.3) is 11.2 Å². The van der Waals surface area contributed by atoms with E-state index in [0.29, 0.717) is 11.2 Å². The summed E-state index contributed by atoms with van der Waals surface area (Å²) >= 11 is 0. The van der Waals surface area contributed by atoms with Gasteiger partial charge in [0.2, 0.25) is 0 Å². The van der Waals surface area contributed by atoms with Crippen LogP contribution in [0, 0.1) is 0 Å². The Hall–Kier alpha value is -0.620. The molecule has 1 unspecified atom stereocenters. The Morgan fingerprint density at radius 3 is 3.00 bits per heavy atom. The number of anilines is 1. The van der Waals surface area contributed by atoms with Crippen molar-refractivity contribution >= 4 is 24.8 Å². The van der Waals surface area contributed by atoms with E-state index in [0.717, 1.165) is 0 Å². The fourth-order valence-corrected chi connectivity index (χ4v) is 3.56. The number of ether oxygens (including phenoxy) is 1. The summed E-state index contributed by atoms with van der Waals surface area (Å²) in [4.78, 5) is 23.3. The van der Waals surface area contributed by atoms with Crippen molar-refractivity contribution in [1.82, 2.24) is 19.5 Å². The molecule has 2 aromatic heterocycles. The van der Waals surface area contributed by atoms with Crippen molar-refractivity contribution in [2.45, 2.75) is 24.5 Å². The van der Waals surface area contributed by atoms with Crippen molar-refractivity contribution in [3.8, 4) is 0 Å². The molecule has 2 saturated heterocycles. The van der Waals surface area contributed by atoms with Crippen molar-refractivity contribution < 1.29 is 57.9 Å². The van der Waals surface area contributed by atoms with Gasteiger partial charge in [-0.1, -0.05) is 0 Å². The number of aliphatic hydroxyl groups excluding tert-OH is 1. The number of hydrogen-bond donors (Lipinski definition) is 2. The molecule has 3 N–H and O–H groups in total. The molecule has 0 aliphatic carbocycles. The molecule has 2 aromatic rings. The van der Waals surface area contributed by atoms with Crippen molar-refractivity contribution in [1.29, 1.82) is 0 Å². The Labute approximate surface area is 151 Å². The van der Waals surface area contributed by atoms with E-state index < -0.39 is 32.4 Å². The number of nitrogen functional groups attached to an aromatic ring is 1. The van der Waals surface area contributed by atoms with Crippen LogP contribution in [0.5, 0.6) is 0 Å². The van der Waals surface area contributed by atoms with Gasteiger partial charge in [-0.2, -0.15) is 0 Å². The maximum absolute atomic E-state index is 11.3. The Kier molecular flexibility index (Phi) is 4.51. The Morgan fingerprint density at radius 2 is 2.22 bits per heavy atom. The van der Waals surface area contributed by atoms with Crippen LogP contribution in [0.2, 0.25) is 0 Å². The number of aromatic nitrogens is 4. The number of phosphoric ester groups is 1. The minimum atomic E-state index is -4.41. The van der Waals surface area contributed by atoms with Crippen LogP contribution in [-0.4, -0.2) is 49.5 Å². The first-order valence-corrected chi connectivity index (χ1v) is 7.83. The second-order valence-electron chi connectivity index (χ2n) is 4.95. The largest absolute Gasteiger partial charge is 1.00 e. The molecule has 0 aromatic carbocycles. The second-order valence-corrected chi connectivity index (χ2v) is 6.32. The fraction of sp³-hybridized carbons (Fsp3) is 0.500. The summed E-state index contributed by atoms with van der Waals surface area (Å²) in [5.74, 6) is 0.192. The summed E-state index contributed by atoms with van der Waals surface area (Å²) in [6, 6.07) is 0. The minimum Gasteiger partial charge on any atom is -0.756 e. The quantitative estimate of drug-likeness (QED) is 0.290. The summed E-state index contributed by atoms with van der Waals surface area (Å²) in [7, 11) is -4.41. The number of imidazole rings is 1. The Balaban J connectivity index is 0.00000156. The number of nitrogens with zero attached hydrogens (tertiary/aromatic N) is 4. The van der Waals surface area contributed by atoms with E-state index in [2.05, 4.69) is 19.5 Å². The second kappa shape index (κ2) is 6.03. The first-order chi connectivity index (χ1) is 10.5. The number of phosphoric acid groups is 1. The van der Waals surface area contributed by atoms with Gasteiger partial charge in [-0.05, 0) is 0 Å². The number of aliphatic hydroxyl groups is 1. The molecule has 4 heterocycles. The van der Waals surface area contributed by atoms with Crippen molar-refractivity contribution in [2.24, 2.45) is 0 Å². The van der Waals surface area contributed by atoms with Crippen LogP contribution >= 0.6 is 7.82 Å². The van der Waals surface area contributed by atoms with Crippen LogP contribution in [-0.2, 0) is 18.3 Å². The van der Waals surface area contributed by atoms with Crippen LogP contribution in [0.15, 0.2) is 12.7 Å². The topological polar surface area (TPSA) is 158 Å². The van der Waals surface area contributed by atoms with Crippen molar-refractivity contribution in [2.75, 3.05) is 12.3 Å². The van der Waals surface area contributed by atoms with Crippen molar-refractivity contribution in [3.05, 3.63) is 12.7 Å². The van der Waals surface area contributed by atoms with E-state index >= 15 is 0 Å². The molecule has 2 aliphatic rings. The summed E-state index contributed by atoms with van der Waals surface area (Å²) < 4.78 is 27.8. The van der Waals surface area contributed by atoms with Gasteiger partial charge in [-0.3, -0.25) is 9.13 Å². The smallest absolute Gasteiger partial charge is 0.756 e. The third-order valence-corrected chi connectivity index (χ3v) is 4.59. The molecular formula is C10H11N5NaO6P. The normalized spacial score (nSPS) is 36.6. The first-order valence-electron chi connectivity index (χ1n) is 6.37. The van der Waals surface area contributed by atoms with Crippen LogP contribution < -0.4 is 40.2 Å². The Bertz CT molecular complexity index is 788. The summed E-state index contributed by atoms with van der Waals surface area (Å²) in [5, 5.41) is 10.3. The summed E-state index contributed by atoms with van der Waals surface area (Å²) in [6.07, 6.45) is -1.26. The monoisotopic (exact) mass is 356 g/mol. The molecule has 0 bridgehead atoms. The van der Waals surface area contributed by atoms with Gasteiger partial charge in [-0.25, -0.2) is 15.0 Å². The van der Waals surface area contributed by atoms with E-state index in [-0.39, 0.29) is 42.0 Å². The summed E-state index contributed by atoms with van der Waals surface area (Å²) in [6.45, 7) is -0.219. The zero-order valence-corrected chi connectivity index (χ0v) is 14.9. The first kappa shape index (κ1) is 17.2. The molecule has 118 valence electrons. The number of fused-ring (bicyclic) bond motifs is 2. The molecule has 2 aliphatic heterocycles. The van der Waals surface area contributed by atoms with Gasteiger partial charge in [0.1, 0.15) is 30.2 Å². The molecule has 13 heteroatoms. The predicted molar refractivity (Wildman–Crippen MR) is 68.1 cm³/mol. The molecule has 0 amide bonds. The van der Waals surface area contributed by atoms with E-state index in [1.807, 2.05) is 0 Å². The van der Waals surface area contributed by atoms with E-state index in [4.69, 9.17) is 15.0 Å². The SMILES string of the molecule is Nc1ncnc2c1ncn2[13C@@H]1O[13C@@H]2[13CH2]OP(=O)([O-])O[13C@H]2[13C@H]1O.[Na+]. The van der Waals surface area contributed by atoms with Crippen LogP contribution in [0.3, 0.4) is 0 Å². The van der Waals surface area contributed by atoms with E-state index in [1.54, 1.807) is 0 Å². The minimum absolute atomic E-state index is 0. The van der Waals surface area contributed by atoms with E-state index in [1.165, 1.54) is 17.2 Å². The van der Waals surface area contributed by atoms with Gasteiger partial charge in [-0.15, -0.1) is 0 Å². The summed E-state index contributed by atoms with van der Waals surface area (Å²) in [5.41, 5.74) is 6.43. The fourth-order valence-electron chi connectivity index (χ4n) is 2.61. The van der Waals surface area contributed by atoms with Gasteiger partial charge in [0.15, 0.2) is 17.7 Å². The molecule has 5 atom stereocenters. The third-order valence-electron chi connectivity index (χ3n) is 3.62. The van der Waals surface area contributed by atoms with Gasteiger partial charge >= 0.3 is 29.6 Å². The average molecular weight is 356 g/mol. The number of rotatable bonds is 1. The standard InChI is InChI=1S/C10H12N5O6P.Na/c11-8-5-9(13-2-12-8)15(3-14-5)10-6(16)7-4(20-10)1-19-22(17,18)21-7;/h2-4,6-7,10,16H,1H2,(H,17,18)(H2,11,12,13);/q;+1/p-1/t4-,6-,7-,10-;/m1./s1/i1+1,4+1,6+1,7+1,10+1;. The number of nitrogens with two attached hydrogens (primary N) is 1. The molecular weight excluding hydrogens is 345 g/mol. The molecule has 0 spiro atoms. The van der Waals surface area contributed by atoms with Crippen molar-refractivity contribution in [3.63, 3.8) is 0 Å².